The van der Waals surface area contributed by atoms with Crippen molar-refractivity contribution in [3.8, 4) is 5.69 Å². The highest BCUT2D eigenvalue weighted by molar-refractivity contribution is 9.10. The third-order valence-electron chi connectivity index (χ3n) is 5.22. The molecule has 3 aromatic carbocycles. The smallest absolute Gasteiger partial charge is 0.264 e. The molecule has 4 aromatic rings. The number of benzene rings is 3. The van der Waals surface area contributed by atoms with Gasteiger partial charge in [0, 0.05) is 4.47 Å². The van der Waals surface area contributed by atoms with Gasteiger partial charge in [-0.2, -0.15) is 10.2 Å². The summed E-state index contributed by atoms with van der Waals surface area (Å²) in [5.74, 6) is -0.630. The lowest BCUT2D eigenvalue weighted by Gasteiger charge is -2.23. The van der Waals surface area contributed by atoms with Crippen LogP contribution in [-0.2, 0) is 14.8 Å². The average molecular weight is 587 g/mol. The number of nitrogens with zero attached hydrogens (tertiary/aromatic N) is 4. The van der Waals surface area contributed by atoms with Crippen LogP contribution in [0.2, 0.25) is 5.15 Å². The maximum atomic E-state index is 13.4. The Morgan fingerprint density at radius 1 is 1.08 bits per heavy atom. The summed E-state index contributed by atoms with van der Waals surface area (Å²) in [4.78, 5) is 12.8. The van der Waals surface area contributed by atoms with Crippen LogP contribution in [0.15, 0.2) is 99.4 Å². The summed E-state index contributed by atoms with van der Waals surface area (Å²) in [6, 6.07) is 24.1. The molecule has 36 heavy (non-hydrogen) atoms. The summed E-state index contributed by atoms with van der Waals surface area (Å²) in [7, 11) is -4.02. The molecule has 8 nitrogen and oxygen atoms in total. The summed E-state index contributed by atoms with van der Waals surface area (Å²) < 4.78 is 30.1. The normalized spacial score (nSPS) is 11.5. The summed E-state index contributed by atoms with van der Waals surface area (Å²) in [5.41, 5.74) is 4.81. The Labute approximate surface area is 222 Å². The lowest BCUT2D eigenvalue weighted by atomic mass is 10.2. The number of anilines is 1. The van der Waals surface area contributed by atoms with Crippen LogP contribution in [0.3, 0.4) is 0 Å². The third-order valence-corrected chi connectivity index (χ3v) is 7.78. The summed E-state index contributed by atoms with van der Waals surface area (Å²) >= 11 is 9.65. The Kier molecular flexibility index (Phi) is 7.88. The Hall–Kier alpha value is -3.47. The van der Waals surface area contributed by atoms with Crippen LogP contribution in [0, 0.1) is 6.92 Å². The van der Waals surface area contributed by atoms with Crippen molar-refractivity contribution in [2.24, 2.45) is 5.10 Å². The number of nitrogens with one attached hydrogen (secondary N) is 1. The number of rotatable bonds is 8. The highest BCUT2D eigenvalue weighted by atomic mass is 79.9. The van der Waals surface area contributed by atoms with E-state index in [0.717, 1.165) is 15.7 Å². The molecule has 1 aromatic heterocycles. The van der Waals surface area contributed by atoms with Crippen molar-refractivity contribution in [2.45, 2.75) is 11.8 Å². The highest BCUT2D eigenvalue weighted by Crippen LogP contribution is 2.26. The van der Waals surface area contributed by atoms with E-state index < -0.39 is 22.5 Å². The van der Waals surface area contributed by atoms with E-state index in [9.17, 15) is 13.2 Å². The van der Waals surface area contributed by atoms with Crippen LogP contribution in [0.5, 0.6) is 0 Å². The Bertz CT molecular complexity index is 1510. The number of para-hydroxylation sites is 1. The summed E-state index contributed by atoms with van der Waals surface area (Å²) in [6.07, 6.45) is 1.39. The second kappa shape index (κ2) is 11.1. The molecule has 0 aliphatic carbocycles. The SMILES string of the molecule is Cc1c(/C=N\NC(=O)CN(c2cccc(Br)c2)S(=O)(=O)c2ccccc2)c(Cl)nn1-c1ccccc1. The number of carbonyl (C=O) groups excluding carboxylic acids is 1. The van der Waals surface area contributed by atoms with Gasteiger partial charge in [-0.05, 0) is 49.4 Å². The second-order valence-electron chi connectivity index (χ2n) is 7.64. The number of carbonyl (C=O) groups is 1. The van der Waals surface area contributed by atoms with Gasteiger partial charge in [0.25, 0.3) is 15.9 Å². The molecular weight excluding hydrogens is 566 g/mol. The van der Waals surface area contributed by atoms with Crippen molar-refractivity contribution in [1.82, 2.24) is 15.2 Å². The number of aromatic nitrogens is 2. The minimum absolute atomic E-state index is 0.0667. The molecule has 0 aliphatic rings. The van der Waals surface area contributed by atoms with Crippen molar-refractivity contribution >= 4 is 55.4 Å². The van der Waals surface area contributed by atoms with Crippen LogP contribution in [-0.4, -0.2) is 36.9 Å². The van der Waals surface area contributed by atoms with Crippen LogP contribution >= 0.6 is 27.5 Å². The molecule has 0 aliphatic heterocycles. The first-order chi connectivity index (χ1) is 17.3. The largest absolute Gasteiger partial charge is 0.271 e. The van der Waals surface area contributed by atoms with E-state index >= 15 is 0 Å². The third kappa shape index (κ3) is 5.67. The van der Waals surface area contributed by atoms with Gasteiger partial charge in [-0.25, -0.2) is 18.5 Å². The van der Waals surface area contributed by atoms with Gasteiger partial charge < -0.3 is 0 Å². The van der Waals surface area contributed by atoms with Gasteiger partial charge >= 0.3 is 0 Å². The number of hydrogen-bond acceptors (Lipinski definition) is 5. The van der Waals surface area contributed by atoms with Gasteiger partial charge in [-0.1, -0.05) is 70.0 Å². The minimum Gasteiger partial charge on any atom is -0.271 e. The molecule has 1 amide bonds. The molecular formula is C25H21BrClN5O3S. The van der Waals surface area contributed by atoms with Crippen molar-refractivity contribution in [3.05, 3.63) is 106 Å². The Morgan fingerprint density at radius 2 is 1.75 bits per heavy atom. The van der Waals surface area contributed by atoms with E-state index in [4.69, 9.17) is 11.6 Å². The quantitative estimate of drug-likeness (QED) is 0.234. The Balaban J connectivity index is 1.55. The molecule has 11 heteroatoms. The molecule has 0 radical (unpaired) electrons. The maximum absolute atomic E-state index is 13.4. The monoisotopic (exact) mass is 585 g/mol. The average Bonchev–Trinajstić information content (AvgIpc) is 3.16. The topological polar surface area (TPSA) is 96.7 Å². The fourth-order valence-corrected chi connectivity index (χ4v) is 5.53. The summed E-state index contributed by atoms with van der Waals surface area (Å²) in [6.45, 7) is 1.34. The van der Waals surface area contributed by atoms with E-state index in [-0.39, 0.29) is 10.0 Å². The van der Waals surface area contributed by atoms with Gasteiger partial charge in [-0.15, -0.1) is 0 Å². The van der Waals surface area contributed by atoms with Crippen molar-refractivity contribution < 1.29 is 13.2 Å². The van der Waals surface area contributed by atoms with Gasteiger partial charge in [0.05, 0.1) is 33.7 Å². The molecule has 0 bridgehead atoms. The fourth-order valence-electron chi connectivity index (χ4n) is 3.45. The second-order valence-corrected chi connectivity index (χ2v) is 10.8. The molecule has 4 rings (SSSR count). The van der Waals surface area contributed by atoms with E-state index in [1.807, 2.05) is 37.3 Å². The first-order valence-electron chi connectivity index (χ1n) is 10.7. The number of amides is 1. The molecule has 184 valence electrons. The Morgan fingerprint density at radius 3 is 2.42 bits per heavy atom. The number of sulfonamides is 1. The minimum atomic E-state index is -4.02. The van der Waals surface area contributed by atoms with Gasteiger partial charge in [0.1, 0.15) is 6.54 Å². The molecule has 0 atom stereocenters. The predicted octanol–water partition coefficient (Wildman–Crippen LogP) is 4.94. The molecule has 0 fully saturated rings. The molecule has 0 saturated carbocycles. The zero-order chi connectivity index (χ0) is 25.7. The lowest BCUT2D eigenvalue weighted by molar-refractivity contribution is -0.119. The van der Waals surface area contributed by atoms with Crippen molar-refractivity contribution in [1.29, 1.82) is 0 Å². The molecule has 0 spiro atoms. The summed E-state index contributed by atoms with van der Waals surface area (Å²) in [5, 5.41) is 8.54. The van der Waals surface area contributed by atoms with Crippen LogP contribution in [0.25, 0.3) is 5.69 Å². The molecule has 0 unspecified atom stereocenters. The maximum Gasteiger partial charge on any atom is 0.264 e. The number of hydrazone groups is 1. The van der Waals surface area contributed by atoms with Gasteiger partial charge in [0.2, 0.25) is 0 Å². The van der Waals surface area contributed by atoms with E-state index in [1.54, 1.807) is 47.1 Å². The standard InChI is InChI=1S/C25H21BrClN5O3S/c1-18-23(25(27)30-32(18)20-10-4-2-5-11-20)16-28-29-24(33)17-31(21-12-8-9-19(26)15-21)36(34,35)22-13-6-3-7-14-22/h2-16H,17H2,1H3,(H,29,33)/b28-16-. The first kappa shape index (κ1) is 25.6. The van der Waals surface area contributed by atoms with Gasteiger partial charge in [0.15, 0.2) is 5.15 Å². The molecule has 0 saturated heterocycles. The molecule has 1 heterocycles. The van der Waals surface area contributed by atoms with Crippen LogP contribution < -0.4 is 9.73 Å². The van der Waals surface area contributed by atoms with Crippen LogP contribution in [0.1, 0.15) is 11.3 Å². The first-order valence-corrected chi connectivity index (χ1v) is 13.3. The fraction of sp³-hybridized carbons (Fsp3) is 0.0800. The van der Waals surface area contributed by atoms with Gasteiger partial charge in [-0.3, -0.25) is 9.10 Å². The van der Waals surface area contributed by atoms with Crippen molar-refractivity contribution in [3.63, 3.8) is 0 Å². The van der Waals surface area contributed by atoms with E-state index in [0.29, 0.717) is 15.7 Å². The predicted molar refractivity (Wildman–Crippen MR) is 144 cm³/mol. The van der Waals surface area contributed by atoms with E-state index in [2.05, 4.69) is 31.6 Å². The lowest BCUT2D eigenvalue weighted by Crippen LogP contribution is -2.39. The van der Waals surface area contributed by atoms with Crippen LogP contribution in [0.4, 0.5) is 5.69 Å². The number of hydrogen-bond donors (Lipinski definition) is 1. The zero-order valence-electron chi connectivity index (χ0n) is 19.0. The van der Waals surface area contributed by atoms with E-state index in [1.165, 1.54) is 18.3 Å². The number of halogens is 2. The molecule has 1 N–H and O–H groups in total. The highest BCUT2D eigenvalue weighted by Gasteiger charge is 2.27. The van der Waals surface area contributed by atoms with Crippen molar-refractivity contribution in [2.75, 3.05) is 10.8 Å². The zero-order valence-corrected chi connectivity index (χ0v) is 22.2.